The maximum atomic E-state index is 5.75. The van der Waals surface area contributed by atoms with Gasteiger partial charge in [0, 0.05) is 25.0 Å². The van der Waals surface area contributed by atoms with Crippen molar-refractivity contribution >= 4 is 5.84 Å². The molecule has 0 bridgehead atoms. The van der Waals surface area contributed by atoms with Crippen LogP contribution >= 0.6 is 0 Å². The number of nitrogens with two attached hydrogens (primary N) is 1. The van der Waals surface area contributed by atoms with Crippen molar-refractivity contribution in [3.05, 3.63) is 0 Å². The lowest BCUT2D eigenvalue weighted by Crippen LogP contribution is -2.22. The lowest BCUT2D eigenvalue weighted by molar-refractivity contribution is 0.107. The molecule has 0 radical (unpaired) electrons. The van der Waals surface area contributed by atoms with Crippen LogP contribution in [-0.2, 0) is 4.74 Å². The summed E-state index contributed by atoms with van der Waals surface area (Å²) in [5, 5.41) is 0. The van der Waals surface area contributed by atoms with Crippen LogP contribution in [-0.4, -0.2) is 25.1 Å². The highest BCUT2D eigenvalue weighted by atomic mass is 16.5. The van der Waals surface area contributed by atoms with Crippen LogP contribution < -0.4 is 5.73 Å². The zero-order valence-electron chi connectivity index (χ0n) is 8.79. The molecule has 3 nitrogen and oxygen atoms in total. The van der Waals surface area contributed by atoms with E-state index < -0.39 is 0 Å². The number of hydrogen-bond donors (Lipinski definition) is 1. The first-order chi connectivity index (χ1) is 6.11. The largest absolute Gasteiger partial charge is 0.387 e. The summed E-state index contributed by atoms with van der Waals surface area (Å²) in [5.41, 5.74) is 5.75. The third-order valence-corrected chi connectivity index (χ3v) is 2.63. The smallest absolute Gasteiger partial charge is 0.0962 e. The zero-order valence-corrected chi connectivity index (χ0v) is 8.79. The monoisotopic (exact) mass is 184 g/mol. The SMILES string of the molecule is CC(C)C(N)=NCC1CCOC1C. The molecule has 2 N–H and O–H groups in total. The Morgan fingerprint density at radius 3 is 2.77 bits per heavy atom. The molecular formula is C10H20N2O. The molecule has 1 saturated heterocycles. The second-order valence-corrected chi connectivity index (χ2v) is 4.04. The summed E-state index contributed by atoms with van der Waals surface area (Å²) < 4.78 is 5.45. The summed E-state index contributed by atoms with van der Waals surface area (Å²) in [4.78, 5) is 4.37. The van der Waals surface area contributed by atoms with Gasteiger partial charge in [-0.05, 0) is 13.3 Å². The van der Waals surface area contributed by atoms with Gasteiger partial charge in [0.15, 0.2) is 0 Å². The first-order valence-corrected chi connectivity index (χ1v) is 5.02. The highest BCUT2D eigenvalue weighted by Gasteiger charge is 2.23. The van der Waals surface area contributed by atoms with Crippen molar-refractivity contribution in [2.75, 3.05) is 13.2 Å². The van der Waals surface area contributed by atoms with Crippen molar-refractivity contribution in [3.8, 4) is 0 Å². The van der Waals surface area contributed by atoms with E-state index in [1.807, 2.05) is 0 Å². The van der Waals surface area contributed by atoms with Gasteiger partial charge in [-0.25, -0.2) is 0 Å². The van der Waals surface area contributed by atoms with Crippen LogP contribution in [0.3, 0.4) is 0 Å². The Hall–Kier alpha value is -0.570. The van der Waals surface area contributed by atoms with Gasteiger partial charge < -0.3 is 10.5 Å². The molecule has 76 valence electrons. The standard InChI is InChI=1S/C10H20N2O/c1-7(2)10(11)12-6-9-4-5-13-8(9)3/h7-9H,4-6H2,1-3H3,(H2,11,12). The fourth-order valence-corrected chi connectivity index (χ4v) is 1.42. The zero-order chi connectivity index (χ0) is 9.84. The predicted octanol–water partition coefficient (Wildman–Crippen LogP) is 1.42. The topological polar surface area (TPSA) is 47.6 Å². The van der Waals surface area contributed by atoms with E-state index >= 15 is 0 Å². The average molecular weight is 184 g/mol. The minimum absolute atomic E-state index is 0.351. The Labute approximate surface area is 80.4 Å². The van der Waals surface area contributed by atoms with Crippen LogP contribution in [0.4, 0.5) is 0 Å². The average Bonchev–Trinajstić information content (AvgIpc) is 2.47. The molecule has 1 heterocycles. The third-order valence-electron chi connectivity index (χ3n) is 2.63. The number of ether oxygens (including phenoxy) is 1. The van der Waals surface area contributed by atoms with Crippen molar-refractivity contribution in [1.82, 2.24) is 0 Å². The van der Waals surface area contributed by atoms with Crippen LogP contribution in [0, 0.1) is 11.8 Å². The van der Waals surface area contributed by atoms with Gasteiger partial charge in [0.25, 0.3) is 0 Å². The molecule has 2 unspecified atom stereocenters. The van der Waals surface area contributed by atoms with Gasteiger partial charge in [-0.2, -0.15) is 0 Å². The number of amidine groups is 1. The molecule has 1 rings (SSSR count). The van der Waals surface area contributed by atoms with E-state index in [0.29, 0.717) is 17.9 Å². The lowest BCUT2D eigenvalue weighted by Gasteiger charge is -2.12. The van der Waals surface area contributed by atoms with Crippen LogP contribution in [0.2, 0.25) is 0 Å². The van der Waals surface area contributed by atoms with Gasteiger partial charge in [-0.1, -0.05) is 13.8 Å². The van der Waals surface area contributed by atoms with Crippen LogP contribution in [0.15, 0.2) is 4.99 Å². The molecule has 2 atom stereocenters. The van der Waals surface area contributed by atoms with Crippen LogP contribution in [0.25, 0.3) is 0 Å². The van der Waals surface area contributed by atoms with Gasteiger partial charge >= 0.3 is 0 Å². The van der Waals surface area contributed by atoms with E-state index in [0.717, 1.165) is 25.4 Å². The molecule has 0 spiro atoms. The Bertz CT molecular complexity index is 189. The van der Waals surface area contributed by atoms with Crippen LogP contribution in [0.1, 0.15) is 27.2 Å². The van der Waals surface area contributed by atoms with Gasteiger partial charge in [0.2, 0.25) is 0 Å². The quantitative estimate of drug-likeness (QED) is 0.532. The Morgan fingerprint density at radius 1 is 1.62 bits per heavy atom. The summed E-state index contributed by atoms with van der Waals surface area (Å²) in [6.45, 7) is 7.94. The van der Waals surface area contributed by atoms with Gasteiger partial charge in [-0.15, -0.1) is 0 Å². The fraction of sp³-hybridized carbons (Fsp3) is 0.900. The maximum Gasteiger partial charge on any atom is 0.0962 e. The van der Waals surface area contributed by atoms with Gasteiger partial charge in [0.05, 0.1) is 11.9 Å². The Balaban J connectivity index is 2.36. The highest BCUT2D eigenvalue weighted by Crippen LogP contribution is 2.20. The molecule has 0 saturated carbocycles. The Morgan fingerprint density at radius 2 is 2.31 bits per heavy atom. The lowest BCUT2D eigenvalue weighted by atomic mass is 10.0. The molecule has 1 aliphatic rings. The normalized spacial score (nSPS) is 30.0. The van der Waals surface area contributed by atoms with Crippen molar-refractivity contribution < 1.29 is 4.74 Å². The molecular weight excluding hydrogens is 164 g/mol. The summed E-state index contributed by atoms with van der Waals surface area (Å²) in [5.74, 6) is 1.69. The maximum absolute atomic E-state index is 5.75. The molecule has 13 heavy (non-hydrogen) atoms. The van der Waals surface area contributed by atoms with E-state index in [1.165, 1.54) is 0 Å². The summed E-state index contributed by atoms with van der Waals surface area (Å²) in [6.07, 6.45) is 1.47. The first-order valence-electron chi connectivity index (χ1n) is 5.02. The number of aliphatic imine (C=N–C) groups is 1. The minimum Gasteiger partial charge on any atom is -0.387 e. The third kappa shape index (κ3) is 2.99. The van der Waals surface area contributed by atoms with E-state index in [2.05, 4.69) is 25.8 Å². The molecule has 0 aromatic carbocycles. The van der Waals surface area contributed by atoms with E-state index in [9.17, 15) is 0 Å². The van der Waals surface area contributed by atoms with Gasteiger partial charge in [0.1, 0.15) is 0 Å². The molecule has 1 fully saturated rings. The number of nitrogens with zero attached hydrogens (tertiary/aromatic N) is 1. The van der Waals surface area contributed by atoms with Crippen molar-refractivity contribution in [2.24, 2.45) is 22.6 Å². The second-order valence-electron chi connectivity index (χ2n) is 4.04. The minimum atomic E-state index is 0.351. The second kappa shape index (κ2) is 4.61. The van der Waals surface area contributed by atoms with E-state index in [4.69, 9.17) is 10.5 Å². The summed E-state index contributed by atoms with van der Waals surface area (Å²) in [6, 6.07) is 0. The summed E-state index contributed by atoms with van der Waals surface area (Å²) >= 11 is 0. The first kappa shape index (κ1) is 10.5. The Kier molecular flexibility index (Phi) is 3.72. The summed E-state index contributed by atoms with van der Waals surface area (Å²) in [7, 11) is 0. The highest BCUT2D eigenvalue weighted by molar-refractivity contribution is 5.82. The molecule has 0 amide bonds. The van der Waals surface area contributed by atoms with E-state index in [1.54, 1.807) is 0 Å². The van der Waals surface area contributed by atoms with Crippen molar-refractivity contribution in [1.29, 1.82) is 0 Å². The number of rotatable bonds is 3. The van der Waals surface area contributed by atoms with Crippen molar-refractivity contribution in [3.63, 3.8) is 0 Å². The van der Waals surface area contributed by atoms with E-state index in [-0.39, 0.29) is 0 Å². The van der Waals surface area contributed by atoms with Gasteiger partial charge in [-0.3, -0.25) is 4.99 Å². The van der Waals surface area contributed by atoms with Crippen molar-refractivity contribution in [2.45, 2.75) is 33.3 Å². The molecule has 0 aliphatic carbocycles. The molecule has 1 aliphatic heterocycles. The molecule has 0 aromatic rings. The fourth-order valence-electron chi connectivity index (χ4n) is 1.42. The molecule has 3 heteroatoms. The van der Waals surface area contributed by atoms with Crippen LogP contribution in [0.5, 0.6) is 0 Å². The predicted molar refractivity (Wildman–Crippen MR) is 54.8 cm³/mol. The molecule has 0 aromatic heterocycles. The number of hydrogen-bond acceptors (Lipinski definition) is 2.